The minimum absolute atomic E-state index is 0.0456. The molecule has 0 aliphatic carbocycles. The molecule has 0 atom stereocenters. The quantitative estimate of drug-likeness (QED) is 0.840. The van der Waals surface area contributed by atoms with E-state index in [2.05, 4.69) is 14.4 Å². The predicted octanol–water partition coefficient (Wildman–Crippen LogP) is 1.92. The number of hydrogen-bond acceptors (Lipinski definition) is 5. The SMILES string of the molecule is COc1c(F)cc(F)c(-c2cc(N)on2)c1O. The van der Waals surface area contributed by atoms with Crippen molar-refractivity contribution in [2.24, 2.45) is 0 Å². The van der Waals surface area contributed by atoms with Crippen LogP contribution in [-0.4, -0.2) is 17.4 Å². The highest BCUT2D eigenvalue weighted by Gasteiger charge is 2.22. The fourth-order valence-corrected chi connectivity index (χ4v) is 1.43. The molecule has 0 spiro atoms. The Kier molecular flexibility index (Phi) is 2.58. The standard InChI is InChI=1S/C10H8F2N2O3/c1-16-10-5(12)2-4(11)8(9(10)15)6-3-7(13)17-14-6/h2-3,15H,13H2,1H3. The molecule has 0 amide bonds. The van der Waals surface area contributed by atoms with Crippen molar-refractivity contribution in [3.05, 3.63) is 23.8 Å². The van der Waals surface area contributed by atoms with E-state index < -0.39 is 23.1 Å². The number of phenolic OH excluding ortho intramolecular Hbond substituents is 1. The molecule has 0 fully saturated rings. The first-order chi connectivity index (χ1) is 8.04. The van der Waals surface area contributed by atoms with Crippen LogP contribution in [0.4, 0.5) is 14.7 Å². The number of nitrogen functional groups attached to an aromatic ring is 1. The fourth-order valence-electron chi connectivity index (χ4n) is 1.43. The molecule has 0 aliphatic rings. The summed E-state index contributed by atoms with van der Waals surface area (Å²) >= 11 is 0. The third-order valence-corrected chi connectivity index (χ3v) is 2.15. The van der Waals surface area contributed by atoms with Crippen molar-refractivity contribution in [2.45, 2.75) is 0 Å². The summed E-state index contributed by atoms with van der Waals surface area (Å²) in [4.78, 5) is 0. The van der Waals surface area contributed by atoms with Crippen molar-refractivity contribution >= 4 is 5.88 Å². The van der Waals surface area contributed by atoms with Crippen molar-refractivity contribution in [3.8, 4) is 22.8 Å². The number of methoxy groups -OCH3 is 1. The maximum Gasteiger partial charge on any atom is 0.222 e. The molecule has 3 N–H and O–H groups in total. The average molecular weight is 242 g/mol. The van der Waals surface area contributed by atoms with Gasteiger partial charge in [-0.1, -0.05) is 5.16 Å². The van der Waals surface area contributed by atoms with Crippen molar-refractivity contribution in [1.29, 1.82) is 0 Å². The number of nitrogens with two attached hydrogens (primary N) is 1. The number of ether oxygens (including phenoxy) is 1. The molecule has 7 heteroatoms. The summed E-state index contributed by atoms with van der Waals surface area (Å²) < 4.78 is 35.9. The molecule has 5 nitrogen and oxygen atoms in total. The summed E-state index contributed by atoms with van der Waals surface area (Å²) in [6.45, 7) is 0. The largest absolute Gasteiger partial charge is 0.504 e. The van der Waals surface area contributed by atoms with Gasteiger partial charge in [0.25, 0.3) is 0 Å². The number of phenols is 1. The summed E-state index contributed by atoms with van der Waals surface area (Å²) in [5.74, 6) is -3.22. The van der Waals surface area contributed by atoms with E-state index in [1.807, 2.05) is 0 Å². The van der Waals surface area contributed by atoms with Crippen LogP contribution in [-0.2, 0) is 0 Å². The Hall–Kier alpha value is -2.31. The normalized spacial score (nSPS) is 10.5. The molecule has 0 radical (unpaired) electrons. The van der Waals surface area contributed by atoms with Crippen LogP contribution in [0.5, 0.6) is 11.5 Å². The maximum atomic E-state index is 13.5. The Morgan fingerprint density at radius 1 is 1.35 bits per heavy atom. The molecule has 2 aromatic rings. The Morgan fingerprint density at radius 2 is 2.06 bits per heavy atom. The number of aromatic nitrogens is 1. The third kappa shape index (κ3) is 1.75. The van der Waals surface area contributed by atoms with Gasteiger partial charge in [-0.2, -0.15) is 0 Å². The van der Waals surface area contributed by atoms with Gasteiger partial charge in [0.1, 0.15) is 11.5 Å². The minimum Gasteiger partial charge on any atom is -0.504 e. The predicted molar refractivity (Wildman–Crippen MR) is 54.5 cm³/mol. The van der Waals surface area contributed by atoms with Crippen LogP contribution in [0.1, 0.15) is 0 Å². The van der Waals surface area contributed by atoms with Crippen molar-refractivity contribution < 1.29 is 23.1 Å². The van der Waals surface area contributed by atoms with Gasteiger partial charge >= 0.3 is 0 Å². The fraction of sp³-hybridized carbons (Fsp3) is 0.100. The molecule has 0 saturated heterocycles. The van der Waals surface area contributed by atoms with E-state index in [0.29, 0.717) is 6.07 Å². The molecule has 0 saturated carbocycles. The zero-order chi connectivity index (χ0) is 12.6. The zero-order valence-electron chi connectivity index (χ0n) is 8.70. The lowest BCUT2D eigenvalue weighted by atomic mass is 10.1. The van der Waals surface area contributed by atoms with E-state index in [-0.39, 0.29) is 17.1 Å². The maximum absolute atomic E-state index is 13.5. The van der Waals surface area contributed by atoms with Crippen LogP contribution in [0, 0.1) is 11.6 Å². The smallest absolute Gasteiger partial charge is 0.222 e. The number of anilines is 1. The first-order valence-corrected chi connectivity index (χ1v) is 4.52. The van der Waals surface area contributed by atoms with E-state index in [1.54, 1.807) is 0 Å². The average Bonchev–Trinajstić information content (AvgIpc) is 2.64. The molecular weight excluding hydrogens is 234 g/mol. The lowest BCUT2D eigenvalue weighted by Crippen LogP contribution is -1.94. The van der Waals surface area contributed by atoms with Crippen LogP contribution < -0.4 is 10.5 Å². The van der Waals surface area contributed by atoms with Gasteiger partial charge in [-0.25, -0.2) is 8.78 Å². The molecule has 0 aliphatic heterocycles. The Bertz CT molecular complexity index is 569. The summed E-state index contributed by atoms with van der Waals surface area (Å²) in [6, 6.07) is 1.79. The van der Waals surface area contributed by atoms with E-state index >= 15 is 0 Å². The molecule has 0 bridgehead atoms. The molecule has 1 heterocycles. The van der Waals surface area contributed by atoms with Crippen molar-refractivity contribution in [2.75, 3.05) is 12.8 Å². The van der Waals surface area contributed by atoms with Crippen LogP contribution >= 0.6 is 0 Å². The molecule has 2 rings (SSSR count). The number of benzene rings is 1. The van der Waals surface area contributed by atoms with Gasteiger partial charge in [0.15, 0.2) is 17.3 Å². The number of aromatic hydroxyl groups is 1. The van der Waals surface area contributed by atoms with Gasteiger partial charge < -0.3 is 20.1 Å². The Balaban J connectivity index is 2.69. The molecule has 17 heavy (non-hydrogen) atoms. The third-order valence-electron chi connectivity index (χ3n) is 2.15. The van der Waals surface area contributed by atoms with Crippen LogP contribution in [0.3, 0.4) is 0 Å². The van der Waals surface area contributed by atoms with Gasteiger partial charge in [-0.3, -0.25) is 0 Å². The number of nitrogens with zero attached hydrogens (tertiary/aromatic N) is 1. The summed E-state index contributed by atoms with van der Waals surface area (Å²) in [7, 11) is 1.15. The molecule has 1 aromatic heterocycles. The second-order valence-electron chi connectivity index (χ2n) is 3.21. The van der Waals surface area contributed by atoms with Crippen molar-refractivity contribution in [3.63, 3.8) is 0 Å². The van der Waals surface area contributed by atoms with Gasteiger partial charge in [0.2, 0.25) is 5.88 Å². The topological polar surface area (TPSA) is 81.5 Å². The molecule has 90 valence electrons. The van der Waals surface area contributed by atoms with Crippen LogP contribution in [0.15, 0.2) is 16.7 Å². The van der Waals surface area contributed by atoms with E-state index in [9.17, 15) is 13.9 Å². The van der Waals surface area contributed by atoms with Crippen LogP contribution in [0.25, 0.3) is 11.3 Å². The van der Waals surface area contributed by atoms with Crippen molar-refractivity contribution in [1.82, 2.24) is 5.16 Å². The second kappa shape index (κ2) is 3.93. The number of halogens is 2. The first kappa shape index (κ1) is 11.2. The lowest BCUT2D eigenvalue weighted by Gasteiger charge is -2.08. The molecule has 1 aromatic carbocycles. The summed E-state index contributed by atoms with van der Waals surface area (Å²) in [5.41, 5.74) is 4.90. The Morgan fingerprint density at radius 3 is 2.59 bits per heavy atom. The monoisotopic (exact) mass is 242 g/mol. The van der Waals surface area contributed by atoms with Crippen LogP contribution in [0.2, 0.25) is 0 Å². The number of rotatable bonds is 2. The van der Waals surface area contributed by atoms with E-state index in [0.717, 1.165) is 7.11 Å². The molecular formula is C10H8F2N2O3. The highest BCUT2D eigenvalue weighted by Crippen LogP contribution is 2.40. The lowest BCUT2D eigenvalue weighted by molar-refractivity contribution is 0.348. The highest BCUT2D eigenvalue weighted by molar-refractivity contribution is 5.72. The second-order valence-corrected chi connectivity index (χ2v) is 3.21. The highest BCUT2D eigenvalue weighted by atomic mass is 19.1. The summed E-state index contributed by atoms with van der Waals surface area (Å²) in [5, 5.41) is 13.1. The van der Waals surface area contributed by atoms with Gasteiger partial charge in [-0.15, -0.1) is 0 Å². The zero-order valence-corrected chi connectivity index (χ0v) is 8.70. The summed E-state index contributed by atoms with van der Waals surface area (Å²) in [6.07, 6.45) is 0. The first-order valence-electron chi connectivity index (χ1n) is 4.52. The van der Waals surface area contributed by atoms with Gasteiger partial charge in [-0.05, 0) is 0 Å². The van der Waals surface area contributed by atoms with E-state index in [4.69, 9.17) is 5.73 Å². The minimum atomic E-state index is -1.01. The van der Waals surface area contributed by atoms with Gasteiger partial charge in [0, 0.05) is 12.1 Å². The Labute approximate surface area is 94.4 Å². The number of hydrogen-bond donors (Lipinski definition) is 2. The van der Waals surface area contributed by atoms with E-state index in [1.165, 1.54) is 6.07 Å². The van der Waals surface area contributed by atoms with Gasteiger partial charge in [0.05, 0.1) is 12.7 Å². The molecule has 0 unspecified atom stereocenters.